The van der Waals surface area contributed by atoms with Crippen LogP contribution in [0.25, 0.3) is 5.57 Å². The molecule has 1 unspecified atom stereocenters. The number of amides is 1. The molecule has 0 fully saturated rings. The van der Waals surface area contributed by atoms with Crippen LogP contribution in [-0.4, -0.2) is 63.6 Å². The van der Waals surface area contributed by atoms with E-state index in [9.17, 15) is 36.9 Å². The molecule has 0 bridgehead atoms. The molecule has 1 aliphatic heterocycles. The minimum Gasteiger partial charge on any atom is -0.545 e. The van der Waals surface area contributed by atoms with Crippen LogP contribution >= 0.6 is 0 Å². The van der Waals surface area contributed by atoms with E-state index < -0.39 is 44.1 Å². The van der Waals surface area contributed by atoms with Crippen molar-refractivity contribution >= 4 is 45.0 Å². The van der Waals surface area contributed by atoms with E-state index in [-0.39, 0.29) is 17.3 Å². The van der Waals surface area contributed by atoms with Crippen molar-refractivity contribution < 1.29 is 46.5 Å². The maximum Gasteiger partial charge on any atom is 0.336 e. The number of carbonyl (C=O) groups excluding carboxylic acids is 2. The number of anilines is 2. The summed E-state index contributed by atoms with van der Waals surface area (Å²) in [5.74, 6) is -3.02. The molecule has 0 aromatic heterocycles. The van der Waals surface area contributed by atoms with Crippen molar-refractivity contribution in [3.8, 4) is 5.75 Å². The smallest absolute Gasteiger partial charge is 0.336 e. The van der Waals surface area contributed by atoms with Crippen LogP contribution in [0.15, 0.2) is 89.1 Å². The first-order valence-corrected chi connectivity index (χ1v) is 17.2. The molecule has 49 heavy (non-hydrogen) atoms. The number of halogens is 1. The second-order valence-electron chi connectivity index (χ2n) is 11.5. The highest BCUT2D eigenvalue weighted by atomic mass is 32.3. The average molecular weight is 690 g/mol. The number of quaternary nitrogens is 1. The highest BCUT2D eigenvalue weighted by molar-refractivity contribution is 7.86. The molecule has 0 saturated carbocycles. The van der Waals surface area contributed by atoms with Crippen molar-refractivity contribution in [2.45, 2.75) is 38.6 Å². The lowest BCUT2D eigenvalue weighted by Gasteiger charge is -2.32. The zero-order valence-electron chi connectivity index (χ0n) is 27.4. The molecule has 2 aliphatic rings. The van der Waals surface area contributed by atoms with E-state index >= 15 is 0 Å². The molecule has 13 heteroatoms. The first-order valence-electron chi connectivity index (χ1n) is 15.9. The van der Waals surface area contributed by atoms with Crippen molar-refractivity contribution in [1.29, 1.82) is 0 Å². The molecule has 1 atom stereocenters. The molecule has 1 amide bonds. The van der Waals surface area contributed by atoms with E-state index in [1.165, 1.54) is 23.1 Å². The number of carboxylic acids is 2. The van der Waals surface area contributed by atoms with Gasteiger partial charge in [-0.2, -0.15) is 8.42 Å². The van der Waals surface area contributed by atoms with Crippen LogP contribution in [0.3, 0.4) is 0 Å². The predicted octanol–water partition coefficient (Wildman–Crippen LogP) is 3.45. The summed E-state index contributed by atoms with van der Waals surface area (Å²) >= 11 is 0. The minimum atomic E-state index is -5.23. The number of hydrogen-bond donors (Lipinski definition) is 3. The van der Waals surface area contributed by atoms with Gasteiger partial charge in [-0.1, -0.05) is 6.07 Å². The highest BCUT2D eigenvalue weighted by Crippen LogP contribution is 2.45. The molecular formula is C36H36FN3O8S. The molecule has 256 valence electrons. The molecule has 5 rings (SSSR count). The van der Waals surface area contributed by atoms with Gasteiger partial charge in [0.2, 0.25) is 0 Å². The molecule has 3 N–H and O–H groups in total. The summed E-state index contributed by atoms with van der Waals surface area (Å²) in [5, 5.41) is 24.7. The fourth-order valence-electron chi connectivity index (χ4n) is 6.26. The zero-order valence-corrected chi connectivity index (χ0v) is 28.2. The van der Waals surface area contributed by atoms with E-state index in [2.05, 4.69) is 44.0 Å². The maximum absolute atomic E-state index is 13.5. The lowest BCUT2D eigenvalue weighted by Crippen LogP contribution is -3.14. The fraction of sp³-hybridized carbons (Fsp3) is 0.250. The van der Waals surface area contributed by atoms with Crippen LogP contribution in [0.1, 0.15) is 69.9 Å². The predicted molar refractivity (Wildman–Crippen MR) is 180 cm³/mol. The largest absolute Gasteiger partial charge is 0.545 e. The van der Waals surface area contributed by atoms with Crippen molar-refractivity contribution in [3.05, 3.63) is 112 Å². The van der Waals surface area contributed by atoms with Gasteiger partial charge in [-0.05, 0) is 87.9 Å². The highest BCUT2D eigenvalue weighted by Gasteiger charge is 2.31. The van der Waals surface area contributed by atoms with Crippen molar-refractivity contribution in [2.24, 2.45) is 0 Å². The molecule has 0 saturated heterocycles. The molecule has 3 aromatic rings. The van der Waals surface area contributed by atoms with Gasteiger partial charge in [0.25, 0.3) is 5.91 Å². The third-order valence-corrected chi connectivity index (χ3v) is 9.63. The number of nitrogens with one attached hydrogen (secondary N) is 2. The third kappa shape index (κ3) is 6.99. The Balaban J connectivity index is 1.62. The summed E-state index contributed by atoms with van der Waals surface area (Å²) < 4.78 is 42.7. The Bertz CT molecular complexity index is 2050. The van der Waals surface area contributed by atoms with E-state index in [4.69, 9.17) is 4.74 Å². The van der Waals surface area contributed by atoms with Gasteiger partial charge in [0, 0.05) is 58.9 Å². The van der Waals surface area contributed by atoms with Crippen LogP contribution in [0.5, 0.6) is 5.75 Å². The van der Waals surface area contributed by atoms with Gasteiger partial charge >= 0.3 is 16.2 Å². The van der Waals surface area contributed by atoms with Gasteiger partial charge in [-0.3, -0.25) is 4.79 Å². The Morgan fingerprint density at radius 1 is 0.939 bits per heavy atom. The third-order valence-electron chi connectivity index (χ3n) is 8.81. The number of aromatic carboxylic acids is 2. The number of ether oxygens (including phenoxy) is 1. The second kappa shape index (κ2) is 14.1. The van der Waals surface area contributed by atoms with Gasteiger partial charge in [0.05, 0.1) is 35.1 Å². The first-order chi connectivity index (χ1) is 23.3. The van der Waals surface area contributed by atoms with Crippen molar-refractivity contribution in [3.63, 3.8) is 0 Å². The maximum atomic E-state index is 13.5. The molecule has 0 spiro atoms. The van der Waals surface area contributed by atoms with Crippen molar-refractivity contribution in [1.82, 2.24) is 0 Å². The number of benzene rings is 3. The average Bonchev–Trinajstić information content (AvgIpc) is 3.07. The quantitative estimate of drug-likeness (QED) is 0.243. The van der Waals surface area contributed by atoms with Crippen LogP contribution < -0.4 is 25.0 Å². The summed E-state index contributed by atoms with van der Waals surface area (Å²) in [5.41, 5.74) is 1.73. The number of likely N-dealkylation sites (N-methyl/N-ethyl adjacent to an activating group) is 1. The Morgan fingerprint density at radius 3 is 2.24 bits per heavy atom. The van der Waals surface area contributed by atoms with E-state index in [0.29, 0.717) is 39.8 Å². The van der Waals surface area contributed by atoms with E-state index in [1.807, 2.05) is 30.4 Å². The van der Waals surface area contributed by atoms with Gasteiger partial charge in [-0.25, -0.2) is 4.79 Å². The molecule has 1 heterocycles. The lowest BCUT2D eigenvalue weighted by molar-refractivity contribution is -0.908. The number of fused-ring (bicyclic) bond motifs is 2. The number of hydrogen-bond acceptors (Lipinski definition) is 8. The molecule has 3 aromatic carbocycles. The van der Waals surface area contributed by atoms with E-state index in [1.54, 1.807) is 0 Å². The van der Waals surface area contributed by atoms with Crippen LogP contribution in [0, 0.1) is 0 Å². The molecule has 0 radical (unpaired) electrons. The summed E-state index contributed by atoms with van der Waals surface area (Å²) in [6, 6.07) is 12.2. The minimum absolute atomic E-state index is 0.00129. The first kappa shape index (κ1) is 35.0. The Labute approximate surface area is 283 Å². The number of allylic oxidation sites excluding steroid dienone is 1. The van der Waals surface area contributed by atoms with Crippen molar-refractivity contribution in [2.75, 3.05) is 36.4 Å². The van der Waals surface area contributed by atoms with Gasteiger partial charge in [-0.15, -0.1) is 3.89 Å². The topological polar surface area (TPSA) is 158 Å². The van der Waals surface area contributed by atoms with Gasteiger partial charge in [0.15, 0.2) is 0 Å². The summed E-state index contributed by atoms with van der Waals surface area (Å²) in [6.45, 7) is 11.6. The number of nitrogens with zero attached hydrogens (tertiary/aromatic N) is 1. The zero-order chi connectivity index (χ0) is 35.6. The van der Waals surface area contributed by atoms with Gasteiger partial charge in [0.1, 0.15) is 17.6 Å². The molecule has 11 nitrogen and oxygen atoms in total. The van der Waals surface area contributed by atoms with Crippen LogP contribution in [0.4, 0.5) is 15.3 Å². The Morgan fingerprint density at radius 2 is 1.63 bits per heavy atom. The summed E-state index contributed by atoms with van der Waals surface area (Å²) in [4.78, 5) is 40.2. The van der Waals surface area contributed by atoms with E-state index in [0.717, 1.165) is 44.0 Å². The summed E-state index contributed by atoms with van der Waals surface area (Å²) in [6.07, 6.45) is 6.04. The van der Waals surface area contributed by atoms with Gasteiger partial charge < -0.3 is 34.9 Å². The molecular weight excluding hydrogens is 653 g/mol. The monoisotopic (exact) mass is 689 g/mol. The lowest BCUT2D eigenvalue weighted by atomic mass is 9.84. The number of rotatable bonds is 12. The summed E-state index contributed by atoms with van der Waals surface area (Å²) in [7, 11) is -5.23. The Kier molecular flexibility index (Phi) is 10.1. The number of carboxylic acid groups (broad SMARTS) is 2. The van der Waals surface area contributed by atoms with Crippen LogP contribution in [0.2, 0.25) is 0 Å². The second-order valence-corrected chi connectivity index (χ2v) is 12.8. The van der Waals surface area contributed by atoms with Crippen LogP contribution in [-0.2, 0) is 10.2 Å². The standard InChI is InChI=1S/C36H36FN3O8S/c1-5-39(6-2)22-10-14-27-31(18-22)48-32-19-23(40(7-3)8-4)11-15-28(32)33(27)25-13-9-21(17-29(25)35(42)43)38-34(41)26-16-12-24(49(37,46)47)20-30(26)36(44)45/h9-20,22H,5-8H2,1-4H3,(H,38,41)(H,42,43)(H,44,45). The number of carbonyl (C=O) groups is 3. The normalized spacial score (nSPS) is 15.2. The molecule has 1 aliphatic carbocycles. The SMILES string of the molecule is CCN(CC)c1ccc2c(c1)OC1=CC([NH+](CC)CC)C=CC1=C2c1ccc(NC(=O)c2ccc(S(=O)(=O)F)cc2C(=O)O)cc1C(=O)[O-]. The fourth-order valence-corrected chi connectivity index (χ4v) is 6.75. The Hall–Kier alpha value is -5.27.